The molecule has 1 aromatic heterocycles. The van der Waals surface area contributed by atoms with Gasteiger partial charge in [0, 0.05) is 18.0 Å². The van der Waals surface area contributed by atoms with E-state index >= 15 is 0 Å². The van der Waals surface area contributed by atoms with Crippen molar-refractivity contribution in [3.63, 3.8) is 0 Å². The molecule has 116 valence electrons. The molecule has 5 nitrogen and oxygen atoms in total. The molecule has 0 saturated carbocycles. The molecule has 3 aromatic rings. The molecule has 0 aliphatic carbocycles. The molecule has 0 unspecified atom stereocenters. The quantitative estimate of drug-likeness (QED) is 0.718. The number of hydrogen-bond acceptors (Lipinski definition) is 6. The highest BCUT2D eigenvalue weighted by Crippen LogP contribution is 2.24. The average molecular weight is 329 g/mol. The molecule has 0 aliphatic rings. The van der Waals surface area contributed by atoms with E-state index < -0.39 is 5.97 Å². The third-order valence-electron chi connectivity index (χ3n) is 3.02. The molecule has 2 aromatic carbocycles. The van der Waals surface area contributed by atoms with Gasteiger partial charge >= 0.3 is 0 Å². The van der Waals surface area contributed by atoms with Crippen molar-refractivity contribution in [1.29, 1.82) is 0 Å². The molecule has 0 saturated heterocycles. The minimum Gasteiger partial charge on any atom is -0.545 e. The van der Waals surface area contributed by atoms with Gasteiger partial charge < -0.3 is 14.6 Å². The highest BCUT2D eigenvalue weighted by molar-refractivity contribution is 7.07. The summed E-state index contributed by atoms with van der Waals surface area (Å²) >= 11 is 1.09. The summed E-state index contributed by atoms with van der Waals surface area (Å²) in [4.78, 5) is 14.9. The van der Waals surface area contributed by atoms with Gasteiger partial charge in [0.1, 0.15) is 11.6 Å². The van der Waals surface area contributed by atoms with Gasteiger partial charge in [-0.15, -0.1) is 0 Å². The number of carboxylic acids is 1. The van der Waals surface area contributed by atoms with Crippen molar-refractivity contribution in [2.45, 2.75) is 6.42 Å². The first kappa shape index (κ1) is 15.1. The van der Waals surface area contributed by atoms with E-state index in [1.165, 1.54) is 36.4 Å². The molecular weight excluding hydrogens is 319 g/mol. The first-order valence-corrected chi connectivity index (χ1v) is 7.44. The number of nitrogens with zero attached hydrogens (tertiary/aromatic N) is 2. The van der Waals surface area contributed by atoms with Gasteiger partial charge in [-0.1, -0.05) is 12.1 Å². The van der Waals surface area contributed by atoms with E-state index in [2.05, 4.69) is 9.36 Å². The number of halogens is 1. The second-order valence-corrected chi connectivity index (χ2v) is 5.41. The smallest absolute Gasteiger partial charge is 0.298 e. The van der Waals surface area contributed by atoms with Crippen LogP contribution in [0.25, 0.3) is 0 Å². The fraction of sp³-hybridized carbons (Fsp3) is 0.0625. The third kappa shape index (κ3) is 3.89. The van der Waals surface area contributed by atoms with Gasteiger partial charge in [0.05, 0.1) is 5.97 Å². The van der Waals surface area contributed by atoms with E-state index in [0.29, 0.717) is 23.2 Å². The summed E-state index contributed by atoms with van der Waals surface area (Å²) in [7, 11) is 0. The van der Waals surface area contributed by atoms with Gasteiger partial charge in [-0.2, -0.15) is 9.36 Å². The normalized spacial score (nSPS) is 10.5. The van der Waals surface area contributed by atoms with Gasteiger partial charge in [-0.05, 0) is 47.5 Å². The molecule has 1 heterocycles. The van der Waals surface area contributed by atoms with Crippen molar-refractivity contribution >= 4 is 17.5 Å². The van der Waals surface area contributed by atoms with E-state index in [0.717, 1.165) is 17.1 Å². The van der Waals surface area contributed by atoms with E-state index in [-0.39, 0.29) is 11.4 Å². The van der Waals surface area contributed by atoms with Crippen LogP contribution in [0.5, 0.6) is 10.9 Å². The van der Waals surface area contributed by atoms with E-state index in [1.807, 2.05) is 0 Å². The predicted octanol–water partition coefficient (Wildman–Crippen LogP) is 2.42. The number of benzene rings is 2. The summed E-state index contributed by atoms with van der Waals surface area (Å²) in [6.45, 7) is 0. The summed E-state index contributed by atoms with van der Waals surface area (Å²) in [6, 6.07) is 12.0. The lowest BCUT2D eigenvalue weighted by atomic mass is 10.1. The van der Waals surface area contributed by atoms with Gasteiger partial charge in [-0.25, -0.2) is 4.39 Å². The Morgan fingerprint density at radius 3 is 2.48 bits per heavy atom. The minimum atomic E-state index is -1.24. The minimum absolute atomic E-state index is 0.0756. The largest absolute Gasteiger partial charge is 0.545 e. The Hall–Kier alpha value is -2.80. The summed E-state index contributed by atoms with van der Waals surface area (Å²) in [5.74, 6) is -0.500. The van der Waals surface area contributed by atoms with Gasteiger partial charge in [-0.3, -0.25) is 0 Å². The monoisotopic (exact) mass is 329 g/mol. The van der Waals surface area contributed by atoms with Crippen LogP contribution in [0.3, 0.4) is 0 Å². The molecule has 0 N–H and O–H groups in total. The van der Waals surface area contributed by atoms with Crippen LogP contribution in [0.4, 0.5) is 4.39 Å². The van der Waals surface area contributed by atoms with Crippen LogP contribution in [-0.2, 0) is 6.42 Å². The zero-order valence-corrected chi connectivity index (χ0v) is 12.5. The van der Waals surface area contributed by atoms with Crippen molar-refractivity contribution < 1.29 is 19.0 Å². The van der Waals surface area contributed by atoms with Crippen molar-refractivity contribution in [2.24, 2.45) is 0 Å². The van der Waals surface area contributed by atoms with Crippen LogP contribution in [0.15, 0.2) is 48.5 Å². The Bertz CT molecular complexity index is 816. The van der Waals surface area contributed by atoms with Gasteiger partial charge in [0.25, 0.3) is 5.19 Å². The fourth-order valence-electron chi connectivity index (χ4n) is 1.90. The molecule has 0 radical (unpaired) electrons. The number of rotatable bonds is 5. The number of aromatic carboxylic acids is 1. The van der Waals surface area contributed by atoms with Gasteiger partial charge in [0.15, 0.2) is 5.82 Å². The predicted molar refractivity (Wildman–Crippen MR) is 80.0 cm³/mol. The van der Waals surface area contributed by atoms with E-state index in [1.54, 1.807) is 12.1 Å². The Morgan fingerprint density at radius 1 is 1.13 bits per heavy atom. The van der Waals surface area contributed by atoms with E-state index in [4.69, 9.17) is 4.74 Å². The molecule has 0 fully saturated rings. The lowest BCUT2D eigenvalue weighted by Crippen LogP contribution is -2.21. The Morgan fingerprint density at radius 2 is 1.83 bits per heavy atom. The zero-order chi connectivity index (χ0) is 16.2. The molecule has 0 bridgehead atoms. The topological polar surface area (TPSA) is 75.1 Å². The van der Waals surface area contributed by atoms with Crippen molar-refractivity contribution in [1.82, 2.24) is 9.36 Å². The summed E-state index contributed by atoms with van der Waals surface area (Å²) in [5.41, 5.74) is 0.973. The molecule has 0 amide bonds. The number of carbonyl (C=O) groups excluding carboxylic acids is 1. The maximum Gasteiger partial charge on any atom is 0.298 e. The van der Waals surface area contributed by atoms with Crippen LogP contribution in [0, 0.1) is 5.82 Å². The van der Waals surface area contributed by atoms with Crippen molar-refractivity contribution in [3.8, 4) is 10.9 Å². The number of carboxylic acid groups (broad SMARTS) is 1. The first-order valence-electron chi connectivity index (χ1n) is 6.66. The number of hydrogen-bond donors (Lipinski definition) is 0. The molecular formula is C16H10FN2O3S-. The molecule has 3 rings (SSSR count). The molecule has 0 atom stereocenters. The van der Waals surface area contributed by atoms with Crippen LogP contribution < -0.4 is 9.84 Å². The average Bonchev–Trinajstić information content (AvgIpc) is 2.97. The summed E-state index contributed by atoms with van der Waals surface area (Å²) in [5, 5.41) is 11.0. The number of aromatic nitrogens is 2. The second kappa shape index (κ2) is 6.53. The van der Waals surface area contributed by atoms with Crippen molar-refractivity contribution in [3.05, 3.63) is 71.3 Å². The lowest BCUT2D eigenvalue weighted by molar-refractivity contribution is -0.255. The van der Waals surface area contributed by atoms with Crippen molar-refractivity contribution in [2.75, 3.05) is 0 Å². The highest BCUT2D eigenvalue weighted by Gasteiger charge is 2.07. The third-order valence-corrected chi connectivity index (χ3v) is 3.65. The van der Waals surface area contributed by atoms with Crippen LogP contribution in [0.1, 0.15) is 21.7 Å². The Kier molecular flexibility index (Phi) is 4.29. The Balaban J connectivity index is 1.67. The Labute approximate surface area is 135 Å². The second-order valence-electron chi connectivity index (χ2n) is 4.69. The molecule has 7 heteroatoms. The van der Waals surface area contributed by atoms with Gasteiger partial charge in [0.2, 0.25) is 0 Å². The standard InChI is InChI=1S/C16H11FN2O3S/c17-12-5-1-10(2-6-12)9-14-18-16(23-19-14)22-13-7-3-11(4-8-13)15(20)21/h1-8H,9H2,(H,20,21)/p-1. The lowest BCUT2D eigenvalue weighted by Gasteiger charge is -2.04. The fourth-order valence-corrected chi connectivity index (χ4v) is 2.46. The summed E-state index contributed by atoms with van der Waals surface area (Å²) in [6.07, 6.45) is 0.476. The SMILES string of the molecule is O=C([O-])c1ccc(Oc2nc(Cc3ccc(F)cc3)ns2)cc1. The molecule has 0 spiro atoms. The van der Waals surface area contributed by atoms with Crippen LogP contribution >= 0.6 is 11.5 Å². The number of carbonyl (C=O) groups is 1. The first-order chi connectivity index (χ1) is 11.1. The van der Waals surface area contributed by atoms with Crippen LogP contribution in [0.2, 0.25) is 0 Å². The highest BCUT2D eigenvalue weighted by atomic mass is 32.1. The number of ether oxygens (including phenoxy) is 1. The maximum absolute atomic E-state index is 12.9. The summed E-state index contributed by atoms with van der Waals surface area (Å²) < 4.78 is 22.6. The molecule has 23 heavy (non-hydrogen) atoms. The van der Waals surface area contributed by atoms with Crippen LogP contribution in [-0.4, -0.2) is 15.3 Å². The molecule has 0 aliphatic heterocycles. The zero-order valence-electron chi connectivity index (χ0n) is 11.7. The van der Waals surface area contributed by atoms with E-state index in [9.17, 15) is 14.3 Å². The maximum atomic E-state index is 12.9.